The van der Waals surface area contributed by atoms with Crippen LogP contribution in [0.4, 0.5) is 0 Å². The Morgan fingerprint density at radius 1 is 1.53 bits per heavy atom. The molecule has 1 fully saturated rings. The molecule has 0 spiro atoms. The maximum atomic E-state index is 11.5. The summed E-state index contributed by atoms with van der Waals surface area (Å²) in [6.07, 6.45) is 6.37. The predicted octanol–water partition coefficient (Wildman–Crippen LogP) is 1.12. The summed E-state index contributed by atoms with van der Waals surface area (Å²) < 4.78 is 27.8. The maximum absolute atomic E-state index is 11.5. The van der Waals surface area contributed by atoms with Gasteiger partial charge in [0.05, 0.1) is 10.9 Å². The van der Waals surface area contributed by atoms with Crippen LogP contribution in [0.5, 0.6) is 0 Å². The summed E-state index contributed by atoms with van der Waals surface area (Å²) in [5, 5.41) is 6.96. The van der Waals surface area contributed by atoms with E-state index in [9.17, 15) is 8.42 Å². The van der Waals surface area contributed by atoms with E-state index < -0.39 is 9.84 Å². The van der Waals surface area contributed by atoms with E-state index in [-0.39, 0.29) is 11.3 Å². The highest BCUT2D eigenvalue weighted by Gasteiger charge is 2.28. The second-order valence-corrected chi connectivity index (χ2v) is 7.01. The van der Waals surface area contributed by atoms with Gasteiger partial charge in [0, 0.05) is 24.9 Å². The molecule has 1 aromatic rings. The molecule has 1 aliphatic carbocycles. The molecule has 17 heavy (non-hydrogen) atoms. The van der Waals surface area contributed by atoms with Crippen LogP contribution in [0.1, 0.15) is 31.4 Å². The van der Waals surface area contributed by atoms with Crippen molar-refractivity contribution in [3.05, 3.63) is 18.0 Å². The van der Waals surface area contributed by atoms with Crippen molar-refractivity contribution in [3.63, 3.8) is 0 Å². The zero-order valence-corrected chi connectivity index (χ0v) is 10.7. The van der Waals surface area contributed by atoms with Gasteiger partial charge < -0.3 is 9.84 Å². The highest BCUT2D eigenvalue weighted by molar-refractivity contribution is 7.91. The lowest BCUT2D eigenvalue weighted by Gasteiger charge is -2.28. The van der Waals surface area contributed by atoms with Gasteiger partial charge in [-0.1, -0.05) is 11.6 Å². The molecular weight excluding hydrogens is 240 g/mol. The molecule has 0 amide bonds. The largest absolute Gasteiger partial charge is 0.364 e. The molecule has 1 N–H and O–H groups in total. The fourth-order valence-electron chi connectivity index (χ4n) is 2.30. The van der Waals surface area contributed by atoms with Crippen LogP contribution in [-0.2, 0) is 16.4 Å². The van der Waals surface area contributed by atoms with Gasteiger partial charge in [-0.2, -0.15) is 0 Å². The van der Waals surface area contributed by atoms with Crippen LogP contribution in [0.2, 0.25) is 0 Å². The second kappa shape index (κ2) is 5.18. The van der Waals surface area contributed by atoms with Gasteiger partial charge in [0.1, 0.15) is 16.1 Å². The first-order chi connectivity index (χ1) is 8.05. The number of rotatable bonds is 4. The van der Waals surface area contributed by atoms with E-state index in [0.717, 1.165) is 25.0 Å². The third-order valence-electron chi connectivity index (χ3n) is 3.29. The standard InChI is InChI=1S/C11H18N2O3S/c1-17(14,15)11-4-2-3-9(7-11)12-8-10-5-6-16-13-10/h5-6,9,11-12H,2-4,7-8H2,1H3. The summed E-state index contributed by atoms with van der Waals surface area (Å²) in [7, 11) is -2.91. The van der Waals surface area contributed by atoms with Crippen molar-refractivity contribution in [1.82, 2.24) is 10.5 Å². The van der Waals surface area contributed by atoms with Crippen LogP contribution in [0.25, 0.3) is 0 Å². The highest BCUT2D eigenvalue weighted by Crippen LogP contribution is 2.23. The Kier molecular flexibility index (Phi) is 3.83. The van der Waals surface area contributed by atoms with E-state index in [0.29, 0.717) is 13.0 Å². The molecule has 1 saturated carbocycles. The van der Waals surface area contributed by atoms with Crippen molar-refractivity contribution in [2.75, 3.05) is 6.26 Å². The van der Waals surface area contributed by atoms with Crippen LogP contribution in [0, 0.1) is 0 Å². The third kappa shape index (κ3) is 3.54. The maximum Gasteiger partial charge on any atom is 0.150 e. The molecular formula is C11H18N2O3S. The Hall–Kier alpha value is -0.880. The predicted molar refractivity (Wildman–Crippen MR) is 64.2 cm³/mol. The molecule has 0 bridgehead atoms. The van der Waals surface area contributed by atoms with Crippen LogP contribution < -0.4 is 5.32 Å². The van der Waals surface area contributed by atoms with Gasteiger partial charge in [0.15, 0.2) is 0 Å². The van der Waals surface area contributed by atoms with E-state index in [1.165, 1.54) is 12.5 Å². The minimum Gasteiger partial charge on any atom is -0.364 e. The lowest BCUT2D eigenvalue weighted by molar-refractivity contribution is 0.361. The van der Waals surface area contributed by atoms with Gasteiger partial charge in [0.25, 0.3) is 0 Å². The first kappa shape index (κ1) is 12.6. The van der Waals surface area contributed by atoms with E-state index in [1.54, 1.807) is 0 Å². The fourth-order valence-corrected chi connectivity index (χ4v) is 3.47. The van der Waals surface area contributed by atoms with Crippen molar-refractivity contribution in [3.8, 4) is 0 Å². The number of nitrogens with one attached hydrogen (secondary N) is 1. The minimum atomic E-state index is -2.91. The topological polar surface area (TPSA) is 72.2 Å². The van der Waals surface area contributed by atoms with Gasteiger partial charge in [-0.25, -0.2) is 8.42 Å². The molecule has 1 heterocycles. The lowest BCUT2D eigenvalue weighted by Crippen LogP contribution is -2.38. The molecule has 5 nitrogen and oxygen atoms in total. The average Bonchev–Trinajstić information content (AvgIpc) is 2.78. The summed E-state index contributed by atoms with van der Waals surface area (Å²) in [5.74, 6) is 0. The summed E-state index contributed by atoms with van der Waals surface area (Å²) in [6, 6.07) is 2.07. The molecule has 0 radical (unpaired) electrons. The zero-order valence-electron chi connectivity index (χ0n) is 9.93. The first-order valence-electron chi connectivity index (χ1n) is 5.87. The number of hydrogen-bond donors (Lipinski definition) is 1. The van der Waals surface area contributed by atoms with E-state index in [1.807, 2.05) is 6.07 Å². The number of hydrogen-bond acceptors (Lipinski definition) is 5. The van der Waals surface area contributed by atoms with Crippen LogP contribution in [0.15, 0.2) is 16.9 Å². The minimum absolute atomic E-state index is 0.189. The van der Waals surface area contributed by atoms with Crippen molar-refractivity contribution in [2.24, 2.45) is 0 Å². The number of nitrogens with zero attached hydrogens (tertiary/aromatic N) is 1. The molecule has 2 atom stereocenters. The van der Waals surface area contributed by atoms with Crippen molar-refractivity contribution in [1.29, 1.82) is 0 Å². The van der Waals surface area contributed by atoms with Gasteiger partial charge >= 0.3 is 0 Å². The molecule has 2 unspecified atom stereocenters. The smallest absolute Gasteiger partial charge is 0.150 e. The van der Waals surface area contributed by atoms with Crippen molar-refractivity contribution in [2.45, 2.75) is 43.5 Å². The van der Waals surface area contributed by atoms with Gasteiger partial charge in [-0.3, -0.25) is 0 Å². The number of sulfone groups is 1. The van der Waals surface area contributed by atoms with Crippen LogP contribution in [-0.4, -0.2) is 31.1 Å². The summed E-state index contributed by atoms with van der Waals surface area (Å²) in [6.45, 7) is 0.637. The SMILES string of the molecule is CS(=O)(=O)C1CCCC(NCc2ccon2)C1. The quantitative estimate of drug-likeness (QED) is 0.876. The molecule has 96 valence electrons. The monoisotopic (exact) mass is 258 g/mol. The number of aromatic nitrogens is 1. The molecule has 1 aromatic heterocycles. The Balaban J connectivity index is 1.85. The lowest BCUT2D eigenvalue weighted by atomic mass is 9.95. The molecule has 0 aromatic carbocycles. The van der Waals surface area contributed by atoms with Crippen LogP contribution >= 0.6 is 0 Å². The molecule has 0 aliphatic heterocycles. The van der Waals surface area contributed by atoms with Crippen molar-refractivity contribution >= 4 is 9.84 Å². The fraction of sp³-hybridized carbons (Fsp3) is 0.727. The Morgan fingerprint density at radius 2 is 2.35 bits per heavy atom. The third-order valence-corrected chi connectivity index (χ3v) is 4.93. The van der Waals surface area contributed by atoms with E-state index >= 15 is 0 Å². The Morgan fingerprint density at radius 3 is 3.00 bits per heavy atom. The summed E-state index contributed by atoms with van der Waals surface area (Å²) in [4.78, 5) is 0. The van der Waals surface area contributed by atoms with Gasteiger partial charge in [-0.15, -0.1) is 0 Å². The van der Waals surface area contributed by atoms with E-state index in [2.05, 4.69) is 10.5 Å². The highest BCUT2D eigenvalue weighted by atomic mass is 32.2. The Bertz CT molecular complexity index is 441. The van der Waals surface area contributed by atoms with Gasteiger partial charge in [0.2, 0.25) is 0 Å². The summed E-state index contributed by atoms with van der Waals surface area (Å²) >= 11 is 0. The zero-order chi connectivity index (χ0) is 12.3. The molecule has 2 rings (SSSR count). The molecule has 6 heteroatoms. The summed E-state index contributed by atoms with van der Waals surface area (Å²) in [5.41, 5.74) is 0.853. The molecule has 1 aliphatic rings. The van der Waals surface area contributed by atoms with Crippen LogP contribution in [0.3, 0.4) is 0 Å². The Labute approximate surface area is 101 Å². The first-order valence-corrected chi connectivity index (χ1v) is 7.82. The van der Waals surface area contributed by atoms with Crippen molar-refractivity contribution < 1.29 is 12.9 Å². The average molecular weight is 258 g/mol. The second-order valence-electron chi connectivity index (χ2n) is 4.69. The van der Waals surface area contributed by atoms with Gasteiger partial charge in [-0.05, 0) is 19.3 Å². The molecule has 0 saturated heterocycles. The normalized spacial score (nSPS) is 25.9. The van der Waals surface area contributed by atoms with E-state index in [4.69, 9.17) is 4.52 Å².